The van der Waals surface area contributed by atoms with E-state index in [0.717, 1.165) is 12.5 Å². The van der Waals surface area contributed by atoms with E-state index >= 15 is 0 Å². The van der Waals surface area contributed by atoms with Gasteiger partial charge in [0.25, 0.3) is 0 Å². The number of nitrogens with zero attached hydrogens (tertiary/aromatic N) is 2. The van der Waals surface area contributed by atoms with Gasteiger partial charge < -0.3 is 0 Å². The highest BCUT2D eigenvalue weighted by Crippen LogP contribution is 2.09. The molecule has 0 bridgehead atoms. The van der Waals surface area contributed by atoms with E-state index in [1.54, 1.807) is 0 Å². The third-order valence-electron chi connectivity index (χ3n) is 1.23. The molecule has 0 fully saturated rings. The molecule has 0 aliphatic rings. The Hall–Kier alpha value is -0.930. The molecule has 90 valence electrons. The van der Waals surface area contributed by atoms with Crippen LogP contribution < -0.4 is 4.72 Å². The summed E-state index contributed by atoms with van der Waals surface area (Å²) in [4.78, 5) is 7.20. The number of rotatable bonds is 4. The van der Waals surface area contributed by atoms with E-state index in [-0.39, 0.29) is 11.0 Å². The van der Waals surface area contributed by atoms with E-state index in [0.29, 0.717) is 0 Å². The standard InChI is InChI=1S/C6H8ClN3O4S2/c1-15(11,12)4-16(13,14)10-6-3-8-2-5(7)9-6/h2-3H,4H2,1H3,(H,9,10). The van der Waals surface area contributed by atoms with Gasteiger partial charge in [-0.2, -0.15) is 0 Å². The van der Waals surface area contributed by atoms with Gasteiger partial charge in [0.05, 0.1) is 12.4 Å². The Bertz CT molecular complexity index is 584. The third kappa shape index (κ3) is 4.73. The number of anilines is 1. The van der Waals surface area contributed by atoms with Crippen molar-refractivity contribution in [2.45, 2.75) is 0 Å². The highest BCUT2D eigenvalue weighted by molar-refractivity contribution is 8.08. The molecule has 1 N–H and O–H groups in total. The largest absolute Gasteiger partial charge is 0.265 e. The quantitative estimate of drug-likeness (QED) is 0.826. The van der Waals surface area contributed by atoms with Crippen molar-refractivity contribution in [1.29, 1.82) is 0 Å². The van der Waals surface area contributed by atoms with Gasteiger partial charge in [-0.05, 0) is 0 Å². The van der Waals surface area contributed by atoms with E-state index in [9.17, 15) is 16.8 Å². The summed E-state index contributed by atoms with van der Waals surface area (Å²) in [5, 5.41) is -1.02. The zero-order chi connectivity index (χ0) is 12.4. The average Bonchev–Trinajstić information content (AvgIpc) is 1.96. The topological polar surface area (TPSA) is 106 Å². The van der Waals surface area contributed by atoms with Crippen LogP contribution in [0, 0.1) is 0 Å². The second-order valence-corrected chi connectivity index (χ2v) is 7.60. The predicted octanol–water partition coefficient (Wildman–Crippen LogP) is -0.126. The first kappa shape index (κ1) is 13.1. The highest BCUT2D eigenvalue weighted by atomic mass is 35.5. The first-order valence-electron chi connectivity index (χ1n) is 3.84. The number of halogens is 1. The number of hydrogen-bond donors (Lipinski definition) is 1. The molecular weight excluding hydrogens is 278 g/mol. The third-order valence-corrected chi connectivity index (χ3v) is 4.89. The SMILES string of the molecule is CS(=O)(=O)CS(=O)(=O)Nc1cncc(Cl)n1. The van der Waals surface area contributed by atoms with Gasteiger partial charge in [-0.1, -0.05) is 11.6 Å². The van der Waals surface area contributed by atoms with E-state index in [1.165, 1.54) is 6.20 Å². The molecule has 0 aliphatic carbocycles. The van der Waals surface area contributed by atoms with E-state index < -0.39 is 24.9 Å². The Morgan fingerprint density at radius 2 is 1.94 bits per heavy atom. The van der Waals surface area contributed by atoms with Crippen LogP contribution in [0.25, 0.3) is 0 Å². The normalized spacial score (nSPS) is 12.4. The maximum absolute atomic E-state index is 11.3. The van der Waals surface area contributed by atoms with Crippen molar-refractivity contribution in [3.63, 3.8) is 0 Å². The molecule has 0 amide bonds. The molecular formula is C6H8ClN3O4S2. The van der Waals surface area contributed by atoms with Crippen molar-refractivity contribution in [2.24, 2.45) is 0 Å². The summed E-state index contributed by atoms with van der Waals surface area (Å²) in [7, 11) is -7.65. The molecule has 0 unspecified atom stereocenters. The van der Waals surface area contributed by atoms with Crippen molar-refractivity contribution in [3.05, 3.63) is 17.5 Å². The Morgan fingerprint density at radius 3 is 2.44 bits per heavy atom. The van der Waals surface area contributed by atoms with Crippen molar-refractivity contribution < 1.29 is 16.8 Å². The fourth-order valence-corrected chi connectivity index (χ4v) is 3.92. The van der Waals surface area contributed by atoms with Crippen LogP contribution in [0.3, 0.4) is 0 Å². The van der Waals surface area contributed by atoms with Crippen LogP contribution in [0.4, 0.5) is 5.82 Å². The minimum atomic E-state index is -4.01. The number of sulfonamides is 1. The van der Waals surface area contributed by atoms with Crippen LogP contribution >= 0.6 is 11.6 Å². The van der Waals surface area contributed by atoms with Crippen LogP contribution in [0.1, 0.15) is 0 Å². The molecule has 1 heterocycles. The lowest BCUT2D eigenvalue weighted by Crippen LogP contribution is -2.22. The zero-order valence-corrected chi connectivity index (χ0v) is 10.5. The number of aromatic nitrogens is 2. The molecule has 0 saturated heterocycles. The van der Waals surface area contributed by atoms with Crippen LogP contribution in [-0.4, -0.2) is 38.1 Å². The highest BCUT2D eigenvalue weighted by Gasteiger charge is 2.18. The van der Waals surface area contributed by atoms with Gasteiger partial charge in [0.15, 0.2) is 20.7 Å². The maximum atomic E-state index is 11.3. The van der Waals surface area contributed by atoms with Crippen LogP contribution in [-0.2, 0) is 19.9 Å². The summed E-state index contributed by atoms with van der Waals surface area (Å²) in [5.74, 6) is -0.129. The van der Waals surface area contributed by atoms with Gasteiger partial charge >= 0.3 is 0 Å². The Morgan fingerprint density at radius 1 is 1.31 bits per heavy atom. The molecule has 1 aromatic rings. The lowest BCUT2D eigenvalue weighted by molar-refractivity contribution is 0.594. The molecule has 7 nitrogen and oxygen atoms in total. The predicted molar refractivity (Wildman–Crippen MR) is 59.3 cm³/mol. The van der Waals surface area contributed by atoms with Crippen molar-refractivity contribution in [2.75, 3.05) is 16.1 Å². The summed E-state index contributed by atoms with van der Waals surface area (Å²) >= 11 is 5.48. The van der Waals surface area contributed by atoms with E-state index in [2.05, 4.69) is 9.97 Å². The number of sulfone groups is 1. The van der Waals surface area contributed by atoms with Crippen molar-refractivity contribution in [3.8, 4) is 0 Å². The summed E-state index contributed by atoms with van der Waals surface area (Å²) in [6, 6.07) is 0. The number of nitrogens with one attached hydrogen (secondary N) is 1. The maximum Gasteiger partial charge on any atom is 0.248 e. The summed E-state index contributed by atoms with van der Waals surface area (Å²) in [5.41, 5.74) is 0. The molecule has 0 spiro atoms. The Labute approximate surface area is 97.8 Å². The summed E-state index contributed by atoms with van der Waals surface area (Å²) in [6.45, 7) is 0. The second kappa shape index (κ2) is 4.52. The molecule has 1 rings (SSSR count). The fraction of sp³-hybridized carbons (Fsp3) is 0.333. The molecule has 0 aromatic carbocycles. The zero-order valence-electron chi connectivity index (χ0n) is 8.08. The summed E-state index contributed by atoms with van der Waals surface area (Å²) in [6.07, 6.45) is 3.15. The molecule has 0 radical (unpaired) electrons. The second-order valence-electron chi connectivity index (χ2n) is 2.99. The monoisotopic (exact) mass is 285 g/mol. The molecule has 1 aromatic heterocycles. The Balaban J connectivity index is 2.90. The summed E-state index contributed by atoms with van der Waals surface area (Å²) < 4.78 is 46.2. The molecule has 0 aliphatic heterocycles. The van der Waals surface area contributed by atoms with Crippen LogP contribution in [0.15, 0.2) is 12.4 Å². The van der Waals surface area contributed by atoms with Gasteiger partial charge in [-0.15, -0.1) is 0 Å². The van der Waals surface area contributed by atoms with Gasteiger partial charge in [-0.25, -0.2) is 21.8 Å². The molecule has 0 atom stereocenters. The van der Waals surface area contributed by atoms with Crippen molar-refractivity contribution >= 4 is 37.3 Å². The van der Waals surface area contributed by atoms with Crippen molar-refractivity contribution in [1.82, 2.24) is 9.97 Å². The minimum absolute atomic E-state index is 0.000411. The first-order chi connectivity index (χ1) is 7.18. The lowest BCUT2D eigenvalue weighted by atomic mass is 10.7. The Kier molecular flexibility index (Phi) is 3.71. The minimum Gasteiger partial charge on any atom is -0.265 e. The first-order valence-corrected chi connectivity index (χ1v) is 7.93. The van der Waals surface area contributed by atoms with Gasteiger partial charge in [-0.3, -0.25) is 9.71 Å². The van der Waals surface area contributed by atoms with E-state index in [1.807, 2.05) is 4.72 Å². The van der Waals surface area contributed by atoms with E-state index in [4.69, 9.17) is 11.6 Å². The molecule has 16 heavy (non-hydrogen) atoms. The average molecular weight is 286 g/mol. The number of hydrogen-bond acceptors (Lipinski definition) is 6. The lowest BCUT2D eigenvalue weighted by Gasteiger charge is -2.05. The fourth-order valence-electron chi connectivity index (χ4n) is 0.862. The van der Waals surface area contributed by atoms with Gasteiger partial charge in [0.2, 0.25) is 10.0 Å². The van der Waals surface area contributed by atoms with Gasteiger partial charge in [0, 0.05) is 6.26 Å². The molecule has 10 heteroatoms. The van der Waals surface area contributed by atoms with Gasteiger partial charge in [0.1, 0.15) is 5.15 Å². The van der Waals surface area contributed by atoms with Crippen LogP contribution in [0.2, 0.25) is 5.15 Å². The molecule has 0 saturated carbocycles. The smallest absolute Gasteiger partial charge is 0.248 e. The van der Waals surface area contributed by atoms with Crippen LogP contribution in [0.5, 0.6) is 0 Å².